The number of piperazine rings is 1. The van der Waals surface area contributed by atoms with Crippen LogP contribution in [0.15, 0.2) is 18.2 Å². The number of hydrogen-bond donors (Lipinski definition) is 1. The van der Waals surface area contributed by atoms with Crippen molar-refractivity contribution in [2.24, 2.45) is 0 Å². The van der Waals surface area contributed by atoms with Gasteiger partial charge >= 0.3 is 6.01 Å². The van der Waals surface area contributed by atoms with Crippen LogP contribution in [0.4, 0.5) is 11.5 Å². The van der Waals surface area contributed by atoms with Gasteiger partial charge in [0.2, 0.25) is 0 Å². The van der Waals surface area contributed by atoms with E-state index in [4.69, 9.17) is 9.72 Å². The van der Waals surface area contributed by atoms with Gasteiger partial charge < -0.3 is 19.9 Å². The summed E-state index contributed by atoms with van der Waals surface area (Å²) in [7, 11) is 1.65. The smallest absolute Gasteiger partial charge is 0.318 e. The minimum absolute atomic E-state index is 0.484. The molecule has 0 amide bonds. The first kappa shape index (κ1) is 15.9. The van der Waals surface area contributed by atoms with Gasteiger partial charge in [0, 0.05) is 44.0 Å². The average Bonchev–Trinajstić information content (AvgIpc) is 3.34. The van der Waals surface area contributed by atoms with Gasteiger partial charge in [0.25, 0.3) is 0 Å². The summed E-state index contributed by atoms with van der Waals surface area (Å²) in [6, 6.07) is 7.23. The molecule has 0 bridgehead atoms. The van der Waals surface area contributed by atoms with Crippen molar-refractivity contribution in [2.75, 3.05) is 43.1 Å². The highest BCUT2D eigenvalue weighted by Gasteiger charge is 2.30. The van der Waals surface area contributed by atoms with Gasteiger partial charge in [-0.1, -0.05) is 12.1 Å². The lowest BCUT2D eigenvalue weighted by Gasteiger charge is -2.30. The van der Waals surface area contributed by atoms with Crippen LogP contribution in [0.25, 0.3) is 0 Å². The van der Waals surface area contributed by atoms with Crippen molar-refractivity contribution in [2.45, 2.75) is 32.4 Å². The molecule has 6 nitrogen and oxygen atoms in total. The highest BCUT2D eigenvalue weighted by atomic mass is 16.5. The molecule has 6 heteroatoms. The summed E-state index contributed by atoms with van der Waals surface area (Å²) < 4.78 is 5.40. The molecule has 0 atom stereocenters. The molecular weight excluding hydrogens is 326 g/mol. The Morgan fingerprint density at radius 3 is 2.73 bits per heavy atom. The normalized spacial score (nSPS) is 18.8. The third kappa shape index (κ3) is 2.60. The van der Waals surface area contributed by atoms with Crippen molar-refractivity contribution in [3.8, 4) is 6.01 Å². The zero-order chi connectivity index (χ0) is 17.5. The molecule has 1 saturated heterocycles. The van der Waals surface area contributed by atoms with Crippen molar-refractivity contribution < 1.29 is 4.74 Å². The van der Waals surface area contributed by atoms with E-state index in [2.05, 4.69) is 38.3 Å². The molecule has 1 N–H and O–H groups in total. The summed E-state index contributed by atoms with van der Waals surface area (Å²) in [5.41, 5.74) is 6.81. The summed E-state index contributed by atoms with van der Waals surface area (Å²) in [6.07, 6.45) is 3.68. The van der Waals surface area contributed by atoms with Gasteiger partial charge in [-0.15, -0.1) is 0 Å². The quantitative estimate of drug-likeness (QED) is 0.912. The Kier molecular flexibility index (Phi) is 3.93. The maximum absolute atomic E-state index is 5.40. The second-order valence-electron chi connectivity index (χ2n) is 7.32. The van der Waals surface area contributed by atoms with E-state index in [1.54, 1.807) is 7.11 Å². The highest BCUT2D eigenvalue weighted by molar-refractivity contribution is 5.63. The minimum atomic E-state index is 0.484. The molecular formula is C20H25N5O. The molecule has 0 unspecified atom stereocenters. The molecule has 136 valence electrons. The summed E-state index contributed by atoms with van der Waals surface area (Å²) in [4.78, 5) is 14.2. The van der Waals surface area contributed by atoms with E-state index in [0.717, 1.165) is 50.8 Å². The lowest BCUT2D eigenvalue weighted by Crippen LogP contribution is -2.44. The zero-order valence-electron chi connectivity index (χ0n) is 15.3. The van der Waals surface area contributed by atoms with Crippen LogP contribution >= 0.6 is 0 Å². The monoisotopic (exact) mass is 351 g/mol. The summed E-state index contributed by atoms with van der Waals surface area (Å²) in [6.45, 7) is 5.67. The number of hydrogen-bond acceptors (Lipinski definition) is 6. The SMILES string of the molecule is COc1nc2c(c(N3CCNCC3)n1)CN(c1cccc3c1CCC3)C2. The first-order valence-electron chi connectivity index (χ1n) is 9.58. The Morgan fingerprint density at radius 2 is 1.88 bits per heavy atom. The van der Waals surface area contributed by atoms with Crippen LogP contribution in [-0.2, 0) is 25.9 Å². The van der Waals surface area contributed by atoms with Crippen LogP contribution < -0.4 is 19.9 Å². The second-order valence-corrected chi connectivity index (χ2v) is 7.32. The summed E-state index contributed by atoms with van der Waals surface area (Å²) >= 11 is 0. The number of aromatic nitrogens is 2. The number of benzene rings is 1. The predicted molar refractivity (Wildman–Crippen MR) is 102 cm³/mol. The fourth-order valence-corrected chi connectivity index (χ4v) is 4.51. The summed E-state index contributed by atoms with van der Waals surface area (Å²) in [5, 5.41) is 3.42. The van der Waals surface area contributed by atoms with Gasteiger partial charge in [-0.25, -0.2) is 0 Å². The molecule has 5 rings (SSSR count). The highest BCUT2D eigenvalue weighted by Crippen LogP contribution is 2.38. The molecule has 2 aliphatic heterocycles. The Labute approximate surface area is 154 Å². The topological polar surface area (TPSA) is 53.5 Å². The van der Waals surface area contributed by atoms with Gasteiger partial charge in [-0.2, -0.15) is 9.97 Å². The Balaban J connectivity index is 1.51. The van der Waals surface area contributed by atoms with Crippen LogP contribution in [0.2, 0.25) is 0 Å². The van der Waals surface area contributed by atoms with E-state index in [-0.39, 0.29) is 0 Å². The Bertz CT molecular complexity index is 831. The van der Waals surface area contributed by atoms with Crippen LogP contribution in [-0.4, -0.2) is 43.3 Å². The van der Waals surface area contributed by atoms with Crippen LogP contribution in [0, 0.1) is 0 Å². The minimum Gasteiger partial charge on any atom is -0.467 e. The van der Waals surface area contributed by atoms with Crippen LogP contribution in [0.5, 0.6) is 6.01 Å². The van der Waals surface area contributed by atoms with E-state index < -0.39 is 0 Å². The third-order valence-electron chi connectivity index (χ3n) is 5.80. The van der Waals surface area contributed by atoms with Gasteiger partial charge in [-0.3, -0.25) is 0 Å². The van der Waals surface area contributed by atoms with Crippen molar-refractivity contribution in [1.29, 1.82) is 0 Å². The molecule has 2 aromatic rings. The van der Waals surface area contributed by atoms with E-state index in [0.29, 0.717) is 6.01 Å². The van der Waals surface area contributed by atoms with E-state index in [1.165, 1.54) is 41.6 Å². The molecule has 1 aliphatic carbocycles. The van der Waals surface area contributed by atoms with Crippen molar-refractivity contribution in [3.05, 3.63) is 40.6 Å². The molecule has 3 aliphatic rings. The molecule has 1 aromatic heterocycles. The molecule has 0 saturated carbocycles. The molecule has 1 fully saturated rings. The second kappa shape index (κ2) is 6.43. The number of rotatable bonds is 3. The number of ether oxygens (including phenoxy) is 1. The Morgan fingerprint density at radius 1 is 1.00 bits per heavy atom. The fraction of sp³-hybridized carbons (Fsp3) is 0.500. The first-order valence-corrected chi connectivity index (χ1v) is 9.58. The lowest BCUT2D eigenvalue weighted by atomic mass is 10.1. The van der Waals surface area contributed by atoms with Gasteiger partial charge in [0.15, 0.2) is 0 Å². The molecule has 1 aromatic carbocycles. The fourth-order valence-electron chi connectivity index (χ4n) is 4.51. The first-order chi connectivity index (χ1) is 12.8. The lowest BCUT2D eigenvalue weighted by molar-refractivity contribution is 0.377. The largest absolute Gasteiger partial charge is 0.467 e. The summed E-state index contributed by atoms with van der Waals surface area (Å²) in [5.74, 6) is 1.06. The standard InChI is InChI=1S/C20H25N5O/c1-26-20-22-17-13-25(18-7-3-5-14-4-2-6-15(14)18)12-16(17)19(23-20)24-10-8-21-9-11-24/h3,5,7,21H,2,4,6,8-13H2,1H3. The van der Waals surface area contributed by atoms with Crippen molar-refractivity contribution >= 4 is 11.5 Å². The molecule has 26 heavy (non-hydrogen) atoms. The number of nitrogens with one attached hydrogen (secondary N) is 1. The maximum Gasteiger partial charge on any atom is 0.318 e. The number of methoxy groups -OCH3 is 1. The van der Waals surface area contributed by atoms with Gasteiger partial charge in [0.1, 0.15) is 5.82 Å². The molecule has 0 spiro atoms. The van der Waals surface area contributed by atoms with Gasteiger partial charge in [0.05, 0.1) is 19.3 Å². The number of fused-ring (bicyclic) bond motifs is 2. The van der Waals surface area contributed by atoms with Crippen molar-refractivity contribution in [1.82, 2.24) is 15.3 Å². The zero-order valence-corrected chi connectivity index (χ0v) is 15.3. The Hall–Kier alpha value is -2.34. The molecule has 3 heterocycles. The van der Waals surface area contributed by atoms with E-state index >= 15 is 0 Å². The van der Waals surface area contributed by atoms with Crippen molar-refractivity contribution in [3.63, 3.8) is 0 Å². The van der Waals surface area contributed by atoms with E-state index in [1.807, 2.05) is 0 Å². The van der Waals surface area contributed by atoms with Gasteiger partial charge in [-0.05, 0) is 36.5 Å². The number of nitrogens with zero attached hydrogens (tertiary/aromatic N) is 4. The number of aryl methyl sites for hydroxylation is 1. The van der Waals surface area contributed by atoms with E-state index in [9.17, 15) is 0 Å². The molecule has 0 radical (unpaired) electrons. The maximum atomic E-state index is 5.40. The number of anilines is 2. The van der Waals surface area contributed by atoms with Crippen LogP contribution in [0.1, 0.15) is 28.8 Å². The average molecular weight is 351 g/mol. The van der Waals surface area contributed by atoms with Crippen LogP contribution in [0.3, 0.4) is 0 Å². The third-order valence-corrected chi connectivity index (χ3v) is 5.80. The predicted octanol–water partition coefficient (Wildman–Crippen LogP) is 1.90.